The number of rotatable bonds is 4. The molecular weight excluding hydrogens is 268 g/mol. The van der Waals surface area contributed by atoms with Crippen LogP contribution >= 0.6 is 11.5 Å². The summed E-state index contributed by atoms with van der Waals surface area (Å²) in [7, 11) is 0. The van der Waals surface area contributed by atoms with Crippen LogP contribution in [0.1, 0.15) is 10.5 Å². The fraction of sp³-hybridized carbons (Fsp3) is 0.0909. The molecule has 1 heterocycles. The molecule has 0 fully saturated rings. The molecule has 2 rings (SSSR count). The normalized spacial score (nSPS) is 10.1. The Bertz CT molecular complexity index is 600. The number of benzene rings is 1. The van der Waals surface area contributed by atoms with Gasteiger partial charge in [-0.3, -0.25) is 14.5 Å². The van der Waals surface area contributed by atoms with Crippen molar-refractivity contribution in [3.8, 4) is 0 Å². The van der Waals surface area contributed by atoms with Gasteiger partial charge in [0.1, 0.15) is 6.54 Å². The van der Waals surface area contributed by atoms with E-state index >= 15 is 0 Å². The highest BCUT2D eigenvalue weighted by Gasteiger charge is 2.23. The highest BCUT2D eigenvalue weighted by Crippen LogP contribution is 2.23. The van der Waals surface area contributed by atoms with Crippen LogP contribution in [0.15, 0.2) is 29.6 Å². The van der Waals surface area contributed by atoms with Crippen LogP contribution in [0, 0.1) is 0 Å². The van der Waals surface area contributed by atoms with E-state index in [4.69, 9.17) is 10.8 Å². The highest BCUT2D eigenvalue weighted by atomic mass is 32.1. The number of carboxylic acid groups (broad SMARTS) is 1. The summed E-state index contributed by atoms with van der Waals surface area (Å²) in [4.78, 5) is 24.2. The van der Waals surface area contributed by atoms with E-state index < -0.39 is 18.4 Å². The molecule has 19 heavy (non-hydrogen) atoms. The van der Waals surface area contributed by atoms with Gasteiger partial charge in [-0.25, -0.2) is 0 Å². The molecule has 1 amide bonds. The molecule has 0 atom stereocenters. The molecular formula is C11H10N4O3S. The van der Waals surface area contributed by atoms with Gasteiger partial charge in [0.15, 0.2) is 5.69 Å². The Morgan fingerprint density at radius 3 is 2.68 bits per heavy atom. The van der Waals surface area contributed by atoms with Crippen LogP contribution in [0.2, 0.25) is 0 Å². The lowest BCUT2D eigenvalue weighted by Crippen LogP contribution is -2.36. The van der Waals surface area contributed by atoms with Gasteiger partial charge in [0, 0.05) is 5.38 Å². The van der Waals surface area contributed by atoms with Crippen LogP contribution in [0.5, 0.6) is 0 Å². The van der Waals surface area contributed by atoms with E-state index in [0.29, 0.717) is 11.4 Å². The van der Waals surface area contributed by atoms with Gasteiger partial charge >= 0.3 is 5.97 Å². The highest BCUT2D eigenvalue weighted by molar-refractivity contribution is 7.03. The number of carboxylic acids is 1. The predicted molar refractivity (Wildman–Crippen MR) is 70.1 cm³/mol. The number of para-hydroxylation sites is 2. The summed E-state index contributed by atoms with van der Waals surface area (Å²) in [6.07, 6.45) is 0. The molecule has 7 nitrogen and oxygen atoms in total. The van der Waals surface area contributed by atoms with Crippen molar-refractivity contribution in [3.05, 3.63) is 35.3 Å². The molecule has 0 aliphatic carbocycles. The average Bonchev–Trinajstić information content (AvgIpc) is 2.90. The molecule has 0 radical (unpaired) electrons. The summed E-state index contributed by atoms with van der Waals surface area (Å²) in [5.74, 6) is -1.69. The topological polar surface area (TPSA) is 109 Å². The molecule has 0 saturated carbocycles. The fourth-order valence-electron chi connectivity index (χ4n) is 1.53. The summed E-state index contributed by atoms with van der Waals surface area (Å²) >= 11 is 1.02. The number of nitrogens with two attached hydrogens (primary N) is 1. The van der Waals surface area contributed by atoms with Gasteiger partial charge in [-0.2, -0.15) is 0 Å². The van der Waals surface area contributed by atoms with Crippen molar-refractivity contribution < 1.29 is 14.7 Å². The average molecular weight is 278 g/mol. The number of aromatic nitrogens is 2. The molecule has 2 aromatic rings. The van der Waals surface area contributed by atoms with E-state index in [9.17, 15) is 9.59 Å². The molecule has 1 aromatic heterocycles. The lowest BCUT2D eigenvalue weighted by Gasteiger charge is -2.21. The van der Waals surface area contributed by atoms with E-state index in [1.807, 2.05) is 0 Å². The Kier molecular flexibility index (Phi) is 3.71. The second kappa shape index (κ2) is 5.44. The molecule has 0 unspecified atom stereocenters. The van der Waals surface area contributed by atoms with Crippen LogP contribution in [0.3, 0.4) is 0 Å². The minimum absolute atomic E-state index is 0.0921. The Morgan fingerprint density at radius 1 is 1.37 bits per heavy atom. The number of aliphatic carboxylic acids is 1. The maximum atomic E-state index is 12.2. The van der Waals surface area contributed by atoms with Crippen molar-refractivity contribution in [1.29, 1.82) is 0 Å². The number of carbonyl (C=O) groups excluding carboxylic acids is 1. The largest absolute Gasteiger partial charge is 0.480 e. The Hall–Kier alpha value is -2.48. The van der Waals surface area contributed by atoms with E-state index in [-0.39, 0.29) is 5.69 Å². The summed E-state index contributed by atoms with van der Waals surface area (Å²) in [6, 6.07) is 6.55. The lowest BCUT2D eigenvalue weighted by atomic mass is 10.2. The van der Waals surface area contributed by atoms with Crippen molar-refractivity contribution in [2.45, 2.75) is 0 Å². The molecule has 3 N–H and O–H groups in total. The van der Waals surface area contributed by atoms with Crippen LogP contribution in [0.25, 0.3) is 0 Å². The van der Waals surface area contributed by atoms with Gasteiger partial charge in [-0.15, -0.1) is 5.10 Å². The second-order valence-electron chi connectivity index (χ2n) is 3.63. The molecule has 98 valence electrons. The van der Waals surface area contributed by atoms with Crippen molar-refractivity contribution in [3.63, 3.8) is 0 Å². The van der Waals surface area contributed by atoms with Gasteiger partial charge in [0.2, 0.25) is 0 Å². The lowest BCUT2D eigenvalue weighted by molar-refractivity contribution is -0.135. The van der Waals surface area contributed by atoms with Crippen molar-refractivity contribution in [2.75, 3.05) is 17.2 Å². The van der Waals surface area contributed by atoms with Gasteiger partial charge in [0.05, 0.1) is 11.4 Å². The smallest absolute Gasteiger partial charge is 0.323 e. The van der Waals surface area contributed by atoms with E-state index in [0.717, 1.165) is 16.4 Å². The SMILES string of the molecule is Nc1ccccc1N(CC(=O)O)C(=O)c1csnn1. The minimum atomic E-state index is -1.14. The number of hydrogen-bond acceptors (Lipinski definition) is 6. The minimum Gasteiger partial charge on any atom is -0.480 e. The first-order valence-corrected chi connectivity index (χ1v) is 6.08. The summed E-state index contributed by atoms with van der Waals surface area (Å²) in [5.41, 5.74) is 6.52. The number of nitrogen functional groups attached to an aromatic ring is 1. The zero-order valence-corrected chi connectivity index (χ0v) is 10.5. The van der Waals surface area contributed by atoms with E-state index in [2.05, 4.69) is 9.59 Å². The van der Waals surface area contributed by atoms with Gasteiger partial charge in [0.25, 0.3) is 5.91 Å². The van der Waals surface area contributed by atoms with Crippen LogP contribution in [-0.4, -0.2) is 33.1 Å². The van der Waals surface area contributed by atoms with Crippen molar-refractivity contribution in [2.24, 2.45) is 0 Å². The van der Waals surface area contributed by atoms with Gasteiger partial charge in [-0.1, -0.05) is 16.6 Å². The molecule has 0 spiro atoms. The monoisotopic (exact) mass is 278 g/mol. The van der Waals surface area contributed by atoms with Crippen molar-refractivity contribution >= 4 is 34.8 Å². The van der Waals surface area contributed by atoms with Crippen molar-refractivity contribution in [1.82, 2.24) is 9.59 Å². The third kappa shape index (κ3) is 2.86. The fourth-order valence-corrected chi connectivity index (χ4v) is 1.96. The van der Waals surface area contributed by atoms with Crippen LogP contribution < -0.4 is 10.6 Å². The predicted octanol–water partition coefficient (Wildman–Crippen LogP) is 0.852. The third-order valence-electron chi connectivity index (χ3n) is 2.35. The first kappa shape index (κ1) is 13.0. The maximum absolute atomic E-state index is 12.2. The standard InChI is InChI=1S/C11H10N4O3S/c12-7-3-1-2-4-9(7)15(5-10(16)17)11(18)8-6-19-14-13-8/h1-4,6H,5,12H2,(H,16,17). The number of anilines is 2. The Balaban J connectivity index is 2.39. The first-order valence-electron chi connectivity index (χ1n) is 5.25. The van der Waals surface area contributed by atoms with Crippen LogP contribution in [0.4, 0.5) is 11.4 Å². The first-order chi connectivity index (χ1) is 9.09. The third-order valence-corrected chi connectivity index (χ3v) is 2.85. The quantitative estimate of drug-likeness (QED) is 0.802. The Labute approximate surface area is 112 Å². The molecule has 1 aromatic carbocycles. The summed E-state index contributed by atoms with van der Waals surface area (Å²) in [6.45, 7) is -0.495. The zero-order valence-electron chi connectivity index (χ0n) is 9.68. The maximum Gasteiger partial charge on any atom is 0.323 e. The number of carbonyl (C=O) groups is 2. The second-order valence-corrected chi connectivity index (χ2v) is 4.24. The molecule has 0 aliphatic heterocycles. The Morgan fingerprint density at radius 2 is 2.11 bits per heavy atom. The summed E-state index contributed by atoms with van der Waals surface area (Å²) < 4.78 is 3.59. The van der Waals surface area contributed by atoms with Gasteiger partial charge < -0.3 is 10.8 Å². The summed E-state index contributed by atoms with van der Waals surface area (Å²) in [5, 5.41) is 14.0. The van der Waals surface area contributed by atoms with E-state index in [1.165, 1.54) is 5.38 Å². The molecule has 0 saturated heterocycles. The number of hydrogen-bond donors (Lipinski definition) is 2. The van der Waals surface area contributed by atoms with Crippen LogP contribution in [-0.2, 0) is 4.79 Å². The zero-order chi connectivity index (χ0) is 13.8. The molecule has 8 heteroatoms. The molecule has 0 bridgehead atoms. The number of amides is 1. The number of nitrogens with zero attached hydrogens (tertiary/aromatic N) is 3. The molecule has 0 aliphatic rings. The van der Waals surface area contributed by atoms with Gasteiger partial charge in [-0.05, 0) is 23.7 Å². The van der Waals surface area contributed by atoms with E-state index in [1.54, 1.807) is 24.3 Å².